The van der Waals surface area contributed by atoms with Crippen molar-refractivity contribution in [3.63, 3.8) is 0 Å². The van der Waals surface area contributed by atoms with Crippen LogP contribution in [0.1, 0.15) is 39.3 Å². The zero-order valence-electron chi connectivity index (χ0n) is 15.8. The number of hydrogen-bond acceptors (Lipinski definition) is 6. The minimum absolute atomic E-state index is 0.322. The molecule has 1 aliphatic heterocycles. The second kappa shape index (κ2) is 8.48. The molecule has 144 valence electrons. The van der Waals surface area contributed by atoms with Crippen LogP contribution in [0, 0.1) is 5.92 Å². The SMILES string of the molecule is CCOC(=O)C1=C(C)Nc2nc(SCC(C)C)nn2[C@H]1c1ccc(Br)cc1. The van der Waals surface area contributed by atoms with Gasteiger partial charge in [-0.1, -0.05) is 53.7 Å². The maximum Gasteiger partial charge on any atom is 0.338 e. The highest BCUT2D eigenvalue weighted by molar-refractivity contribution is 9.10. The second-order valence-corrected chi connectivity index (χ2v) is 8.61. The van der Waals surface area contributed by atoms with Crippen LogP contribution >= 0.6 is 27.7 Å². The van der Waals surface area contributed by atoms with Gasteiger partial charge in [0.15, 0.2) is 0 Å². The van der Waals surface area contributed by atoms with Crippen LogP contribution in [0.4, 0.5) is 5.95 Å². The van der Waals surface area contributed by atoms with Crippen molar-refractivity contribution in [2.75, 3.05) is 17.7 Å². The molecule has 0 aliphatic carbocycles. The quantitative estimate of drug-likeness (QED) is 0.510. The van der Waals surface area contributed by atoms with Gasteiger partial charge in [0, 0.05) is 15.9 Å². The second-order valence-electron chi connectivity index (χ2n) is 6.71. The van der Waals surface area contributed by atoms with Crippen molar-refractivity contribution < 1.29 is 9.53 Å². The van der Waals surface area contributed by atoms with E-state index in [9.17, 15) is 4.79 Å². The summed E-state index contributed by atoms with van der Waals surface area (Å²) in [5, 5.41) is 8.60. The summed E-state index contributed by atoms with van der Waals surface area (Å²) in [7, 11) is 0. The molecule has 1 atom stereocenters. The van der Waals surface area contributed by atoms with E-state index in [-0.39, 0.29) is 12.0 Å². The van der Waals surface area contributed by atoms with Crippen LogP contribution in [-0.4, -0.2) is 33.1 Å². The fourth-order valence-electron chi connectivity index (χ4n) is 2.86. The van der Waals surface area contributed by atoms with Gasteiger partial charge < -0.3 is 10.1 Å². The molecule has 27 heavy (non-hydrogen) atoms. The first-order valence-corrected chi connectivity index (χ1v) is 10.7. The molecule has 0 saturated carbocycles. The van der Waals surface area contributed by atoms with E-state index in [0.29, 0.717) is 29.2 Å². The number of ether oxygens (including phenoxy) is 1. The molecule has 1 aliphatic rings. The van der Waals surface area contributed by atoms with Crippen molar-refractivity contribution in [2.24, 2.45) is 5.92 Å². The van der Waals surface area contributed by atoms with Crippen LogP contribution in [0.25, 0.3) is 0 Å². The first-order chi connectivity index (χ1) is 12.9. The van der Waals surface area contributed by atoms with Crippen molar-refractivity contribution >= 4 is 39.6 Å². The van der Waals surface area contributed by atoms with Gasteiger partial charge in [-0.05, 0) is 37.5 Å². The first-order valence-electron chi connectivity index (χ1n) is 8.90. The Morgan fingerprint density at radius 2 is 2.07 bits per heavy atom. The third-order valence-electron chi connectivity index (χ3n) is 4.06. The van der Waals surface area contributed by atoms with Crippen LogP contribution in [-0.2, 0) is 9.53 Å². The Labute approximate surface area is 171 Å². The number of benzene rings is 1. The summed E-state index contributed by atoms with van der Waals surface area (Å²) in [6.45, 7) is 8.33. The third-order valence-corrected chi connectivity index (χ3v) is 5.85. The molecule has 0 amide bonds. The van der Waals surface area contributed by atoms with E-state index < -0.39 is 0 Å². The molecule has 0 fully saturated rings. The maximum absolute atomic E-state index is 12.7. The van der Waals surface area contributed by atoms with Gasteiger partial charge in [-0.15, -0.1) is 5.10 Å². The van der Waals surface area contributed by atoms with E-state index in [1.807, 2.05) is 31.2 Å². The van der Waals surface area contributed by atoms with Crippen molar-refractivity contribution in [2.45, 2.75) is 38.9 Å². The number of carbonyl (C=O) groups excluding carboxylic acids is 1. The minimum atomic E-state index is -0.380. The standard InChI is InChI=1S/C19H23BrN4O2S/c1-5-26-17(25)15-12(4)21-18-22-19(27-10-11(2)3)23-24(18)16(15)13-6-8-14(20)9-7-13/h6-9,11,16H,5,10H2,1-4H3,(H,21,22,23)/t16-/m0/s1. The van der Waals surface area contributed by atoms with Gasteiger partial charge >= 0.3 is 5.97 Å². The Kier molecular flexibility index (Phi) is 6.26. The number of rotatable bonds is 6. The fourth-order valence-corrected chi connectivity index (χ4v) is 3.90. The number of esters is 1. The zero-order valence-corrected chi connectivity index (χ0v) is 18.2. The smallest absolute Gasteiger partial charge is 0.338 e. The van der Waals surface area contributed by atoms with Crippen molar-refractivity contribution in [3.8, 4) is 0 Å². The van der Waals surface area contributed by atoms with Crippen LogP contribution in [0.15, 0.2) is 45.2 Å². The number of aromatic nitrogens is 3. The number of allylic oxidation sites excluding steroid dienone is 1. The lowest BCUT2D eigenvalue weighted by atomic mass is 9.96. The summed E-state index contributed by atoms with van der Waals surface area (Å²) >= 11 is 5.08. The highest BCUT2D eigenvalue weighted by Gasteiger charge is 2.35. The van der Waals surface area contributed by atoms with Crippen LogP contribution in [0.3, 0.4) is 0 Å². The number of nitrogens with one attached hydrogen (secondary N) is 1. The average molecular weight is 451 g/mol. The lowest BCUT2D eigenvalue weighted by molar-refractivity contribution is -0.139. The lowest BCUT2D eigenvalue weighted by Crippen LogP contribution is -2.29. The molecule has 2 heterocycles. The monoisotopic (exact) mass is 450 g/mol. The van der Waals surface area contributed by atoms with Crippen molar-refractivity contribution in [3.05, 3.63) is 45.6 Å². The number of carbonyl (C=O) groups is 1. The largest absolute Gasteiger partial charge is 0.463 e. The predicted octanol–water partition coefficient (Wildman–Crippen LogP) is 4.64. The number of nitrogens with zero attached hydrogens (tertiary/aromatic N) is 3. The summed E-state index contributed by atoms with van der Waals surface area (Å²) in [5.74, 6) is 1.78. The first kappa shape index (κ1) is 19.9. The summed E-state index contributed by atoms with van der Waals surface area (Å²) in [5.41, 5.74) is 2.24. The predicted molar refractivity (Wildman–Crippen MR) is 111 cm³/mol. The number of anilines is 1. The molecule has 0 radical (unpaired) electrons. The van der Waals surface area contributed by atoms with Gasteiger partial charge in [-0.3, -0.25) is 0 Å². The fraction of sp³-hybridized carbons (Fsp3) is 0.421. The van der Waals surface area contributed by atoms with E-state index in [2.05, 4.69) is 45.2 Å². The topological polar surface area (TPSA) is 69.0 Å². The van der Waals surface area contributed by atoms with E-state index in [1.54, 1.807) is 23.4 Å². The van der Waals surface area contributed by atoms with E-state index in [4.69, 9.17) is 4.74 Å². The lowest BCUT2D eigenvalue weighted by Gasteiger charge is -2.28. The minimum Gasteiger partial charge on any atom is -0.463 e. The molecular weight excluding hydrogens is 428 g/mol. The molecular formula is C19H23BrN4O2S. The highest BCUT2D eigenvalue weighted by atomic mass is 79.9. The number of fused-ring (bicyclic) bond motifs is 1. The summed E-state index contributed by atoms with van der Waals surface area (Å²) in [4.78, 5) is 17.3. The van der Waals surface area contributed by atoms with Gasteiger partial charge in [-0.25, -0.2) is 9.48 Å². The Hall–Kier alpha value is -1.80. The summed E-state index contributed by atoms with van der Waals surface area (Å²) < 4.78 is 8.08. The molecule has 1 aromatic carbocycles. The van der Waals surface area contributed by atoms with Gasteiger partial charge in [0.05, 0.1) is 12.2 Å². The third kappa shape index (κ3) is 4.38. The molecule has 3 rings (SSSR count). The molecule has 2 aromatic rings. The maximum atomic E-state index is 12.7. The molecule has 6 nitrogen and oxygen atoms in total. The molecule has 0 spiro atoms. The van der Waals surface area contributed by atoms with E-state index in [1.165, 1.54) is 0 Å². The molecule has 1 N–H and O–H groups in total. The van der Waals surface area contributed by atoms with Crippen LogP contribution in [0.2, 0.25) is 0 Å². The van der Waals surface area contributed by atoms with Gasteiger partial charge in [0.1, 0.15) is 6.04 Å². The van der Waals surface area contributed by atoms with Gasteiger partial charge in [0.2, 0.25) is 11.1 Å². The van der Waals surface area contributed by atoms with Crippen molar-refractivity contribution in [1.29, 1.82) is 0 Å². The number of thioether (sulfide) groups is 1. The zero-order chi connectivity index (χ0) is 19.6. The highest BCUT2D eigenvalue weighted by Crippen LogP contribution is 2.37. The average Bonchev–Trinajstić information content (AvgIpc) is 3.02. The Morgan fingerprint density at radius 3 is 2.70 bits per heavy atom. The molecule has 0 bridgehead atoms. The van der Waals surface area contributed by atoms with E-state index in [0.717, 1.165) is 21.5 Å². The van der Waals surface area contributed by atoms with Crippen molar-refractivity contribution in [1.82, 2.24) is 14.8 Å². The summed E-state index contributed by atoms with van der Waals surface area (Å²) in [6.07, 6.45) is 0. The molecule has 1 aromatic heterocycles. The molecule has 0 unspecified atom stereocenters. The Morgan fingerprint density at radius 1 is 1.37 bits per heavy atom. The molecule has 8 heteroatoms. The summed E-state index contributed by atoms with van der Waals surface area (Å²) in [6, 6.07) is 7.51. The Balaban J connectivity index is 2.05. The van der Waals surface area contributed by atoms with E-state index >= 15 is 0 Å². The van der Waals surface area contributed by atoms with Gasteiger partial charge in [-0.2, -0.15) is 4.98 Å². The normalized spacial score (nSPS) is 16.3. The number of hydrogen-bond donors (Lipinski definition) is 1. The number of halogens is 1. The Bertz CT molecular complexity index is 861. The van der Waals surface area contributed by atoms with Crippen LogP contribution < -0.4 is 5.32 Å². The molecule has 0 saturated heterocycles. The van der Waals surface area contributed by atoms with Gasteiger partial charge in [0.25, 0.3) is 0 Å². The van der Waals surface area contributed by atoms with Crippen LogP contribution in [0.5, 0.6) is 0 Å².